The molecule has 0 saturated heterocycles. The molecule has 172 valence electrons. The normalized spacial score (nSPS) is 10.9. The largest absolute Gasteiger partial charge is 0.397 e. The first-order chi connectivity index (χ1) is 16.9. The molecule has 0 radical (unpaired) electrons. The van der Waals surface area contributed by atoms with Crippen LogP contribution >= 0.6 is 22.9 Å². The van der Waals surface area contributed by atoms with Gasteiger partial charge in [-0.3, -0.25) is 14.9 Å². The number of nitrogens with two attached hydrogens (primary N) is 1. The zero-order chi connectivity index (χ0) is 24.5. The Kier molecular flexibility index (Phi) is 5.90. The van der Waals surface area contributed by atoms with Crippen molar-refractivity contribution in [2.75, 3.05) is 11.1 Å². The summed E-state index contributed by atoms with van der Waals surface area (Å²) in [6.45, 7) is 0. The standard InChI is InChI=1S/C26H17ClN4O3S/c27-17-8-6-15(7-9-17)20-14-21(16-4-2-1-3-5-16)30-26-22(20)23(28)24(35-26)25(32)29-18-10-12-19(13-11-18)31(33)34/h1-14H,28H2,(H,29,32). The predicted molar refractivity (Wildman–Crippen MR) is 141 cm³/mol. The molecule has 3 aromatic carbocycles. The highest BCUT2D eigenvalue weighted by atomic mass is 35.5. The number of pyridine rings is 1. The number of amides is 1. The number of non-ortho nitro benzene ring substituents is 1. The molecule has 7 nitrogen and oxygen atoms in total. The number of rotatable bonds is 5. The van der Waals surface area contributed by atoms with Crippen molar-refractivity contribution in [3.8, 4) is 22.4 Å². The topological polar surface area (TPSA) is 111 Å². The monoisotopic (exact) mass is 500 g/mol. The van der Waals surface area contributed by atoms with Crippen LogP contribution in [0.3, 0.4) is 0 Å². The molecule has 3 N–H and O–H groups in total. The number of nitro groups is 1. The molecule has 2 aromatic heterocycles. The predicted octanol–water partition coefficient (Wildman–Crippen LogP) is 7.03. The van der Waals surface area contributed by atoms with Crippen molar-refractivity contribution in [2.45, 2.75) is 0 Å². The number of nitrogens with zero attached hydrogens (tertiary/aromatic N) is 2. The average molecular weight is 501 g/mol. The van der Waals surface area contributed by atoms with Crippen LogP contribution in [0, 0.1) is 10.1 Å². The summed E-state index contributed by atoms with van der Waals surface area (Å²) in [5, 5.41) is 14.9. The third kappa shape index (κ3) is 4.44. The number of benzene rings is 3. The lowest BCUT2D eigenvalue weighted by Crippen LogP contribution is -2.11. The van der Waals surface area contributed by atoms with Crippen molar-refractivity contribution >= 4 is 56.1 Å². The van der Waals surface area contributed by atoms with Crippen LogP contribution in [0.15, 0.2) is 84.9 Å². The lowest BCUT2D eigenvalue weighted by molar-refractivity contribution is -0.384. The number of fused-ring (bicyclic) bond motifs is 1. The molecule has 1 amide bonds. The Bertz CT molecular complexity index is 1570. The number of nitrogens with one attached hydrogen (secondary N) is 1. The quantitative estimate of drug-likeness (QED) is 0.199. The van der Waals surface area contributed by atoms with Gasteiger partial charge in [-0.25, -0.2) is 4.98 Å². The summed E-state index contributed by atoms with van der Waals surface area (Å²) in [6, 6.07) is 24.7. The molecule has 0 saturated carbocycles. The number of anilines is 2. The molecule has 5 rings (SSSR count). The Morgan fingerprint density at radius 3 is 2.31 bits per heavy atom. The van der Waals surface area contributed by atoms with Crippen LogP contribution in [-0.2, 0) is 0 Å². The Hall–Kier alpha value is -4.27. The molecule has 0 aliphatic rings. The van der Waals surface area contributed by atoms with Crippen LogP contribution in [0.1, 0.15) is 9.67 Å². The minimum absolute atomic E-state index is 0.0605. The van der Waals surface area contributed by atoms with Gasteiger partial charge in [0.1, 0.15) is 9.71 Å². The van der Waals surface area contributed by atoms with Crippen molar-refractivity contribution < 1.29 is 9.72 Å². The minimum atomic E-state index is -0.496. The van der Waals surface area contributed by atoms with Crippen LogP contribution in [-0.4, -0.2) is 15.8 Å². The molecular formula is C26H17ClN4O3S. The SMILES string of the molecule is Nc1c(C(=O)Nc2ccc([N+](=O)[O-])cc2)sc2nc(-c3ccccc3)cc(-c3ccc(Cl)cc3)c12. The van der Waals surface area contributed by atoms with E-state index in [9.17, 15) is 14.9 Å². The molecular weight excluding hydrogens is 484 g/mol. The van der Waals surface area contributed by atoms with E-state index in [-0.39, 0.29) is 5.69 Å². The van der Waals surface area contributed by atoms with Gasteiger partial charge in [-0.05, 0) is 41.5 Å². The van der Waals surface area contributed by atoms with E-state index in [0.29, 0.717) is 31.5 Å². The second kappa shape index (κ2) is 9.17. The zero-order valence-electron chi connectivity index (χ0n) is 18.1. The maximum absolute atomic E-state index is 13.1. The summed E-state index contributed by atoms with van der Waals surface area (Å²) in [4.78, 5) is 29.2. The van der Waals surface area contributed by atoms with Gasteiger partial charge in [0.15, 0.2) is 0 Å². The number of hydrogen-bond acceptors (Lipinski definition) is 6. The first-order valence-electron chi connectivity index (χ1n) is 10.5. The van der Waals surface area contributed by atoms with Gasteiger partial charge in [0, 0.05) is 33.8 Å². The minimum Gasteiger partial charge on any atom is -0.397 e. The number of nitrogen functional groups attached to an aromatic ring is 1. The molecule has 0 aliphatic heterocycles. The fourth-order valence-corrected chi connectivity index (χ4v) is 4.90. The summed E-state index contributed by atoms with van der Waals surface area (Å²) in [7, 11) is 0. The second-order valence-corrected chi connectivity index (χ2v) is 9.15. The van der Waals surface area contributed by atoms with Crippen LogP contribution < -0.4 is 11.1 Å². The number of nitro benzene ring substituents is 1. The molecule has 5 aromatic rings. The smallest absolute Gasteiger partial charge is 0.269 e. The van der Waals surface area contributed by atoms with Crippen LogP contribution in [0.2, 0.25) is 5.02 Å². The first kappa shape index (κ1) is 22.5. The molecule has 0 atom stereocenters. The van der Waals surface area contributed by atoms with E-state index in [1.165, 1.54) is 35.6 Å². The number of halogens is 1. The van der Waals surface area contributed by atoms with E-state index in [1.54, 1.807) is 12.1 Å². The number of carbonyl (C=O) groups excluding carboxylic acids is 1. The number of thiophene rings is 1. The summed E-state index contributed by atoms with van der Waals surface area (Å²) in [5.41, 5.74) is 10.6. The van der Waals surface area contributed by atoms with E-state index in [2.05, 4.69) is 5.32 Å². The van der Waals surface area contributed by atoms with Crippen molar-refractivity contribution in [1.29, 1.82) is 0 Å². The van der Waals surface area contributed by atoms with Gasteiger partial charge in [-0.1, -0.05) is 54.1 Å². The van der Waals surface area contributed by atoms with Gasteiger partial charge in [-0.2, -0.15) is 0 Å². The molecule has 2 heterocycles. The van der Waals surface area contributed by atoms with Crippen molar-refractivity contribution in [3.63, 3.8) is 0 Å². The third-order valence-electron chi connectivity index (χ3n) is 5.47. The van der Waals surface area contributed by atoms with Crippen molar-refractivity contribution in [1.82, 2.24) is 4.98 Å². The fourth-order valence-electron chi connectivity index (χ4n) is 3.76. The molecule has 0 bridgehead atoms. The Balaban J connectivity index is 1.61. The Morgan fingerprint density at radius 2 is 1.66 bits per heavy atom. The highest BCUT2D eigenvalue weighted by molar-refractivity contribution is 7.21. The van der Waals surface area contributed by atoms with E-state index in [1.807, 2.05) is 48.5 Å². The van der Waals surface area contributed by atoms with Gasteiger partial charge in [0.05, 0.1) is 16.3 Å². The third-order valence-corrected chi connectivity index (χ3v) is 6.82. The number of aromatic nitrogens is 1. The molecule has 0 spiro atoms. The maximum atomic E-state index is 13.1. The van der Waals surface area contributed by atoms with Crippen molar-refractivity contribution in [3.05, 3.63) is 105 Å². The van der Waals surface area contributed by atoms with Crippen molar-refractivity contribution in [2.24, 2.45) is 0 Å². The molecule has 9 heteroatoms. The molecule has 0 fully saturated rings. The van der Waals surface area contributed by atoms with E-state index >= 15 is 0 Å². The summed E-state index contributed by atoms with van der Waals surface area (Å²) < 4.78 is 0. The second-order valence-electron chi connectivity index (χ2n) is 7.71. The fraction of sp³-hybridized carbons (Fsp3) is 0. The zero-order valence-corrected chi connectivity index (χ0v) is 19.6. The Labute approximate surface area is 209 Å². The van der Waals surface area contributed by atoms with Gasteiger partial charge in [0.2, 0.25) is 0 Å². The van der Waals surface area contributed by atoms with Crippen LogP contribution in [0.4, 0.5) is 17.1 Å². The molecule has 35 heavy (non-hydrogen) atoms. The van der Waals surface area contributed by atoms with Gasteiger partial charge in [0.25, 0.3) is 11.6 Å². The summed E-state index contributed by atoms with van der Waals surface area (Å²) in [5.74, 6) is -0.414. The highest BCUT2D eigenvalue weighted by Gasteiger charge is 2.22. The summed E-state index contributed by atoms with van der Waals surface area (Å²) >= 11 is 7.30. The van der Waals surface area contributed by atoms with E-state index in [0.717, 1.165) is 22.4 Å². The lowest BCUT2D eigenvalue weighted by Gasteiger charge is -2.09. The highest BCUT2D eigenvalue weighted by Crippen LogP contribution is 2.41. The van der Waals surface area contributed by atoms with E-state index in [4.69, 9.17) is 22.3 Å². The van der Waals surface area contributed by atoms with Gasteiger partial charge >= 0.3 is 0 Å². The number of hydrogen-bond donors (Lipinski definition) is 2. The van der Waals surface area contributed by atoms with E-state index < -0.39 is 10.8 Å². The molecule has 0 unspecified atom stereocenters. The maximum Gasteiger partial charge on any atom is 0.269 e. The van der Waals surface area contributed by atoms with Gasteiger partial charge in [-0.15, -0.1) is 11.3 Å². The Morgan fingerprint density at radius 1 is 0.971 bits per heavy atom. The van der Waals surface area contributed by atoms with Crippen LogP contribution in [0.25, 0.3) is 32.6 Å². The average Bonchev–Trinajstić information content (AvgIpc) is 3.21. The first-order valence-corrected chi connectivity index (χ1v) is 11.7. The lowest BCUT2D eigenvalue weighted by atomic mass is 9.99. The number of carbonyl (C=O) groups is 1. The summed E-state index contributed by atoms with van der Waals surface area (Å²) in [6.07, 6.45) is 0. The van der Waals surface area contributed by atoms with Gasteiger partial charge < -0.3 is 11.1 Å². The molecule has 0 aliphatic carbocycles. The van der Waals surface area contributed by atoms with Crippen LogP contribution in [0.5, 0.6) is 0 Å².